The van der Waals surface area contributed by atoms with E-state index < -0.39 is 24.3 Å². The Balaban J connectivity index is 0.000000271. The predicted octanol–water partition coefficient (Wildman–Crippen LogP) is 3.56. The van der Waals surface area contributed by atoms with Gasteiger partial charge in [0, 0.05) is 37.6 Å². The number of nitrogens with zero attached hydrogens (tertiary/aromatic N) is 5. The third-order valence-electron chi connectivity index (χ3n) is 4.84. The smallest absolute Gasteiger partial charge is 0.475 e. The Morgan fingerprint density at radius 1 is 1.08 bits per heavy atom. The van der Waals surface area contributed by atoms with Gasteiger partial charge in [-0.15, -0.1) is 0 Å². The van der Waals surface area contributed by atoms with E-state index in [-0.39, 0.29) is 0 Å². The molecule has 0 fully saturated rings. The first kappa shape index (κ1) is 28.4. The molecule has 10 nitrogen and oxygen atoms in total. The van der Waals surface area contributed by atoms with Crippen LogP contribution in [0.1, 0.15) is 30.0 Å². The van der Waals surface area contributed by atoms with Crippen molar-refractivity contribution >= 4 is 11.9 Å². The number of rotatable bonds is 4. The third-order valence-corrected chi connectivity index (χ3v) is 4.84. The number of carbonyl (C=O) groups is 2. The van der Waals surface area contributed by atoms with Crippen molar-refractivity contribution in [2.24, 2.45) is 0 Å². The highest BCUT2D eigenvalue weighted by Gasteiger charge is 2.38. The fourth-order valence-electron chi connectivity index (χ4n) is 3.12. The average molecular weight is 525 g/mol. The fraction of sp³-hybridized carbons (Fsp3) is 0.400. The summed E-state index contributed by atoms with van der Waals surface area (Å²) in [6.07, 6.45) is -0.848. The van der Waals surface area contributed by atoms with Gasteiger partial charge in [-0.1, -0.05) is 0 Å². The van der Waals surface area contributed by atoms with Gasteiger partial charge in [0.2, 0.25) is 0 Å². The van der Waals surface area contributed by atoms with Gasteiger partial charge < -0.3 is 19.2 Å². The van der Waals surface area contributed by atoms with Crippen LogP contribution in [0, 0.1) is 0 Å². The van der Waals surface area contributed by atoms with E-state index in [0.29, 0.717) is 6.04 Å². The summed E-state index contributed by atoms with van der Waals surface area (Å²) >= 11 is 0. The maximum Gasteiger partial charge on any atom is 0.490 e. The maximum atomic E-state index is 10.6. The lowest BCUT2D eigenvalue weighted by atomic mass is 10.2. The number of aliphatic carboxylic acids is 2. The largest absolute Gasteiger partial charge is 0.490 e. The minimum absolute atomic E-state index is 0.301. The number of halogens is 6. The number of aromatic nitrogens is 4. The molecule has 4 heterocycles. The van der Waals surface area contributed by atoms with Gasteiger partial charge in [-0.05, 0) is 19.1 Å². The average Bonchev–Trinajstić information content (AvgIpc) is 3.53. The van der Waals surface area contributed by atoms with E-state index in [0.717, 1.165) is 32.0 Å². The molecule has 1 atom stereocenters. The summed E-state index contributed by atoms with van der Waals surface area (Å²) in [6, 6.07) is 4.27. The van der Waals surface area contributed by atoms with Crippen molar-refractivity contribution in [3.05, 3.63) is 60.3 Å². The van der Waals surface area contributed by atoms with E-state index in [2.05, 4.69) is 26.5 Å². The monoisotopic (exact) mass is 525 g/mol. The zero-order valence-corrected chi connectivity index (χ0v) is 18.6. The number of carboxylic acids is 2. The molecule has 1 aliphatic rings. The van der Waals surface area contributed by atoms with Crippen molar-refractivity contribution < 1.29 is 50.6 Å². The van der Waals surface area contributed by atoms with E-state index in [4.69, 9.17) is 24.2 Å². The zero-order chi connectivity index (χ0) is 27.1. The molecule has 0 saturated carbocycles. The molecule has 1 aliphatic heterocycles. The topological polar surface area (TPSA) is 127 Å². The Morgan fingerprint density at radius 2 is 1.69 bits per heavy atom. The Labute approximate surface area is 199 Å². The zero-order valence-electron chi connectivity index (χ0n) is 18.6. The van der Waals surface area contributed by atoms with Crippen LogP contribution in [0.5, 0.6) is 0 Å². The quantitative estimate of drug-likeness (QED) is 0.496. The van der Waals surface area contributed by atoms with Crippen LogP contribution in [0.15, 0.2) is 47.7 Å². The van der Waals surface area contributed by atoms with Crippen LogP contribution in [-0.2, 0) is 29.2 Å². The molecule has 198 valence electrons. The fourth-order valence-corrected chi connectivity index (χ4v) is 3.12. The molecule has 36 heavy (non-hydrogen) atoms. The maximum absolute atomic E-state index is 10.6. The molecule has 0 amide bonds. The molecule has 0 bridgehead atoms. The number of hydrogen-bond acceptors (Lipinski definition) is 6. The SMILES string of the molecule is CC1c2ncc(Cn3cccn3)n2CCN1Cc1ccoc1.O=C(O)C(F)(F)F.O=C(O)C(F)(F)F. The molecule has 0 radical (unpaired) electrons. The molecule has 0 spiro atoms. The number of imidazole rings is 1. The van der Waals surface area contributed by atoms with Gasteiger partial charge in [0.05, 0.1) is 37.0 Å². The lowest BCUT2D eigenvalue weighted by molar-refractivity contribution is -0.193. The number of carboxylic acid groups (broad SMARTS) is 2. The van der Waals surface area contributed by atoms with Gasteiger partial charge in [-0.2, -0.15) is 31.4 Å². The van der Waals surface area contributed by atoms with E-state index >= 15 is 0 Å². The lowest BCUT2D eigenvalue weighted by Gasteiger charge is -2.34. The van der Waals surface area contributed by atoms with Gasteiger partial charge in [-0.25, -0.2) is 14.6 Å². The normalized spacial score (nSPS) is 15.7. The molecule has 2 N–H and O–H groups in total. The van der Waals surface area contributed by atoms with Crippen molar-refractivity contribution in [1.82, 2.24) is 24.2 Å². The minimum Gasteiger partial charge on any atom is -0.475 e. The van der Waals surface area contributed by atoms with Crippen LogP contribution in [0.3, 0.4) is 0 Å². The highest BCUT2D eigenvalue weighted by molar-refractivity contribution is 5.73. The Morgan fingerprint density at radius 3 is 2.17 bits per heavy atom. The van der Waals surface area contributed by atoms with Gasteiger partial charge in [0.25, 0.3) is 0 Å². The van der Waals surface area contributed by atoms with Gasteiger partial charge in [0.15, 0.2) is 0 Å². The van der Waals surface area contributed by atoms with Crippen molar-refractivity contribution in [1.29, 1.82) is 0 Å². The highest BCUT2D eigenvalue weighted by Crippen LogP contribution is 2.27. The van der Waals surface area contributed by atoms with Crippen LogP contribution in [0.2, 0.25) is 0 Å². The van der Waals surface area contributed by atoms with Crippen LogP contribution in [0.25, 0.3) is 0 Å². The van der Waals surface area contributed by atoms with Crippen molar-refractivity contribution in [3.63, 3.8) is 0 Å². The van der Waals surface area contributed by atoms with Gasteiger partial charge in [-0.3, -0.25) is 9.58 Å². The lowest BCUT2D eigenvalue weighted by Crippen LogP contribution is -2.37. The summed E-state index contributed by atoms with van der Waals surface area (Å²) in [7, 11) is 0. The van der Waals surface area contributed by atoms with Crippen molar-refractivity contribution in [3.8, 4) is 0 Å². The molecule has 1 unspecified atom stereocenters. The second-order valence-electron chi connectivity index (χ2n) is 7.35. The van der Waals surface area contributed by atoms with Crippen molar-refractivity contribution in [2.45, 2.75) is 45.0 Å². The molecule has 3 aromatic heterocycles. The molecule has 16 heteroatoms. The van der Waals surface area contributed by atoms with Crippen molar-refractivity contribution in [2.75, 3.05) is 6.54 Å². The molecule has 0 saturated heterocycles. The Bertz CT molecular complexity index is 1090. The standard InChI is InChI=1S/C16H19N5O.2C2HF3O2/c1-13-16-17-9-15(11-20-5-2-4-18-20)21(16)7-6-19(13)10-14-3-8-22-12-14;2*3-2(4,5)1(6)7/h2-5,8-9,12-13H,6-7,10-11H2,1H3;2*(H,6,7). The molecule has 3 aromatic rings. The second kappa shape index (κ2) is 11.7. The summed E-state index contributed by atoms with van der Waals surface area (Å²) in [5.41, 5.74) is 2.43. The molecule has 0 aliphatic carbocycles. The molecular weight excluding hydrogens is 504 g/mol. The van der Waals surface area contributed by atoms with Gasteiger partial charge >= 0.3 is 24.3 Å². The Hall–Kier alpha value is -3.82. The first-order valence-electron chi connectivity index (χ1n) is 10.1. The predicted molar refractivity (Wildman–Crippen MR) is 108 cm³/mol. The van der Waals surface area contributed by atoms with E-state index in [1.54, 1.807) is 6.26 Å². The van der Waals surface area contributed by atoms with Crippen LogP contribution in [0.4, 0.5) is 26.3 Å². The minimum atomic E-state index is -5.08. The third kappa shape index (κ3) is 8.14. The summed E-state index contributed by atoms with van der Waals surface area (Å²) in [5.74, 6) is -4.38. The van der Waals surface area contributed by atoms with Crippen LogP contribution >= 0.6 is 0 Å². The second-order valence-corrected chi connectivity index (χ2v) is 7.35. The Kier molecular flexibility index (Phi) is 9.27. The van der Waals surface area contributed by atoms with Crippen LogP contribution < -0.4 is 0 Å². The first-order valence-corrected chi connectivity index (χ1v) is 10.1. The summed E-state index contributed by atoms with van der Waals surface area (Å²) < 4.78 is 72.9. The summed E-state index contributed by atoms with van der Waals surface area (Å²) in [5, 5.41) is 18.5. The number of fused-ring (bicyclic) bond motifs is 1. The highest BCUT2D eigenvalue weighted by atomic mass is 19.4. The number of alkyl halides is 6. The van der Waals surface area contributed by atoms with E-state index in [1.165, 1.54) is 11.3 Å². The first-order chi connectivity index (χ1) is 16.7. The van der Waals surface area contributed by atoms with E-state index in [9.17, 15) is 26.3 Å². The number of hydrogen-bond donors (Lipinski definition) is 2. The number of furan rings is 1. The summed E-state index contributed by atoms with van der Waals surface area (Å²) in [4.78, 5) is 24.9. The van der Waals surface area contributed by atoms with Crippen LogP contribution in [-0.4, -0.2) is 65.3 Å². The molecule has 0 aromatic carbocycles. The van der Waals surface area contributed by atoms with Gasteiger partial charge in [0.1, 0.15) is 5.82 Å². The molecule has 4 rings (SSSR count). The van der Waals surface area contributed by atoms with E-state index in [1.807, 2.05) is 41.7 Å². The summed E-state index contributed by atoms with van der Waals surface area (Å²) in [6.45, 7) is 5.87. The molecular formula is C20H21F6N5O5.